The lowest BCUT2D eigenvalue weighted by molar-refractivity contribution is 0.588. The van der Waals surface area contributed by atoms with Crippen molar-refractivity contribution in [1.29, 1.82) is 0 Å². The Morgan fingerprint density at radius 1 is 1.47 bits per heavy atom. The second-order valence-electron chi connectivity index (χ2n) is 3.49. The summed E-state index contributed by atoms with van der Waals surface area (Å²) in [5.74, 6) is 0. The summed E-state index contributed by atoms with van der Waals surface area (Å²) in [5, 5.41) is 3.34. The van der Waals surface area contributed by atoms with Crippen LogP contribution in [0.5, 0.6) is 0 Å². The third-order valence-corrected chi connectivity index (χ3v) is 2.51. The molecule has 0 radical (unpaired) electrons. The molecule has 1 aromatic heterocycles. The smallest absolute Gasteiger partial charge is 0.0939 e. The van der Waals surface area contributed by atoms with Gasteiger partial charge in [0.05, 0.1) is 11.4 Å². The van der Waals surface area contributed by atoms with E-state index in [1.807, 2.05) is 12.1 Å². The second-order valence-corrected chi connectivity index (χ2v) is 3.49. The normalized spacial score (nSPS) is 15.9. The molecule has 0 atom stereocenters. The van der Waals surface area contributed by atoms with Gasteiger partial charge in [0.15, 0.2) is 0 Å². The van der Waals surface area contributed by atoms with Gasteiger partial charge in [0.2, 0.25) is 0 Å². The largest absolute Gasteiger partial charge is 0.367 e. The Balaban J connectivity index is 2.28. The van der Waals surface area contributed by atoms with E-state index in [2.05, 4.69) is 33.6 Å². The van der Waals surface area contributed by atoms with E-state index < -0.39 is 0 Å². The van der Waals surface area contributed by atoms with Crippen LogP contribution in [0, 0.1) is 0 Å². The Morgan fingerprint density at radius 3 is 3.00 bits per heavy atom. The quantitative estimate of drug-likeness (QED) is 0.731. The fourth-order valence-electron chi connectivity index (χ4n) is 1.79. The lowest BCUT2D eigenvalue weighted by Crippen LogP contribution is -2.43. The van der Waals surface area contributed by atoms with Crippen LogP contribution in [-0.4, -0.2) is 31.2 Å². The van der Waals surface area contributed by atoms with Crippen molar-refractivity contribution in [2.24, 2.45) is 0 Å². The van der Waals surface area contributed by atoms with Crippen molar-refractivity contribution in [2.75, 3.05) is 31.1 Å². The summed E-state index contributed by atoms with van der Waals surface area (Å²) in [4.78, 5) is 6.66. The van der Waals surface area contributed by atoms with Crippen LogP contribution in [0.25, 0.3) is 6.08 Å². The predicted molar refractivity (Wildman–Crippen MR) is 62.9 cm³/mol. The zero-order valence-corrected chi connectivity index (χ0v) is 8.74. The van der Waals surface area contributed by atoms with E-state index in [4.69, 9.17) is 0 Å². The molecule has 3 heteroatoms. The average Bonchev–Trinajstić information content (AvgIpc) is 2.31. The zero-order chi connectivity index (χ0) is 10.5. The number of hydrogen-bond donors (Lipinski definition) is 1. The molecule has 0 aromatic carbocycles. The zero-order valence-electron chi connectivity index (χ0n) is 8.74. The molecular formula is C12H15N3. The molecule has 1 aromatic rings. The number of rotatable bonds is 2. The molecule has 1 fully saturated rings. The van der Waals surface area contributed by atoms with Gasteiger partial charge in [-0.1, -0.05) is 6.58 Å². The van der Waals surface area contributed by atoms with Gasteiger partial charge in [-0.3, -0.25) is 4.98 Å². The van der Waals surface area contributed by atoms with Crippen LogP contribution in [0.3, 0.4) is 0 Å². The van der Waals surface area contributed by atoms with Crippen molar-refractivity contribution >= 4 is 11.8 Å². The highest BCUT2D eigenvalue weighted by molar-refractivity contribution is 5.64. The van der Waals surface area contributed by atoms with Crippen molar-refractivity contribution < 1.29 is 0 Å². The topological polar surface area (TPSA) is 28.2 Å². The minimum Gasteiger partial charge on any atom is -0.367 e. The Bertz CT molecular complexity index is 374. The number of nitrogens with zero attached hydrogens (tertiary/aromatic N) is 2. The van der Waals surface area contributed by atoms with Gasteiger partial charge in [-0.2, -0.15) is 0 Å². The Morgan fingerprint density at radius 2 is 2.27 bits per heavy atom. The Kier molecular flexibility index (Phi) is 3.18. The molecule has 0 saturated carbocycles. The summed E-state index contributed by atoms with van der Waals surface area (Å²) >= 11 is 0. The van der Waals surface area contributed by atoms with Gasteiger partial charge in [0.1, 0.15) is 0 Å². The van der Waals surface area contributed by atoms with Gasteiger partial charge in [-0.05, 0) is 12.1 Å². The highest BCUT2D eigenvalue weighted by Gasteiger charge is 2.12. The fraction of sp³-hybridized carbons (Fsp3) is 0.333. The summed E-state index contributed by atoms with van der Waals surface area (Å²) in [7, 11) is 0. The van der Waals surface area contributed by atoms with Crippen LogP contribution in [0.2, 0.25) is 0 Å². The molecule has 0 aliphatic carbocycles. The molecule has 78 valence electrons. The standard InChI is InChI=1S/C12H15N3/c1-2-4-11-12(5-3-6-14-11)15-9-7-13-8-10-15/h3-6,13H,1,7-10H2. The van der Waals surface area contributed by atoms with Crippen LogP contribution in [-0.2, 0) is 0 Å². The number of pyridine rings is 1. The van der Waals surface area contributed by atoms with E-state index in [1.165, 1.54) is 5.69 Å². The molecule has 0 bridgehead atoms. The third-order valence-electron chi connectivity index (χ3n) is 2.51. The van der Waals surface area contributed by atoms with Gasteiger partial charge in [0, 0.05) is 38.5 Å². The molecule has 15 heavy (non-hydrogen) atoms. The first-order valence-electron chi connectivity index (χ1n) is 5.18. The number of nitrogens with one attached hydrogen (secondary N) is 1. The minimum atomic E-state index is 0.953. The number of aromatic nitrogens is 1. The van der Waals surface area contributed by atoms with Crippen LogP contribution in [0.4, 0.5) is 5.69 Å². The van der Waals surface area contributed by atoms with E-state index in [9.17, 15) is 0 Å². The van der Waals surface area contributed by atoms with Gasteiger partial charge in [-0.15, -0.1) is 5.73 Å². The Labute approximate surface area is 90.1 Å². The van der Waals surface area contributed by atoms with Crippen LogP contribution in [0.1, 0.15) is 5.69 Å². The molecule has 1 N–H and O–H groups in total. The monoisotopic (exact) mass is 201 g/mol. The lowest BCUT2D eigenvalue weighted by atomic mass is 10.2. The molecule has 0 spiro atoms. The third kappa shape index (κ3) is 2.27. The SMILES string of the molecule is C=C=Cc1ncccc1N1CCNCC1. The molecule has 1 aliphatic rings. The van der Waals surface area contributed by atoms with Crippen LogP contribution >= 0.6 is 0 Å². The van der Waals surface area contributed by atoms with Gasteiger partial charge < -0.3 is 10.2 Å². The molecular weight excluding hydrogens is 186 g/mol. The second kappa shape index (κ2) is 4.78. The fourth-order valence-corrected chi connectivity index (χ4v) is 1.79. The maximum Gasteiger partial charge on any atom is 0.0939 e. The van der Waals surface area contributed by atoms with Crippen molar-refractivity contribution in [2.45, 2.75) is 0 Å². The first-order valence-corrected chi connectivity index (χ1v) is 5.18. The number of anilines is 1. The van der Waals surface area contributed by atoms with Gasteiger partial charge >= 0.3 is 0 Å². The predicted octanol–water partition coefficient (Wildman–Crippen LogP) is 1.29. The molecule has 2 rings (SSSR count). The number of piperazine rings is 1. The summed E-state index contributed by atoms with van der Waals surface area (Å²) in [6, 6.07) is 4.07. The first kappa shape index (κ1) is 9.97. The number of hydrogen-bond acceptors (Lipinski definition) is 3. The van der Waals surface area contributed by atoms with Crippen LogP contribution in [0.15, 0.2) is 30.6 Å². The van der Waals surface area contributed by atoms with Gasteiger partial charge in [-0.25, -0.2) is 0 Å². The average molecular weight is 201 g/mol. The molecule has 1 aliphatic heterocycles. The maximum atomic E-state index is 4.32. The van der Waals surface area contributed by atoms with Crippen molar-refractivity contribution in [1.82, 2.24) is 10.3 Å². The van der Waals surface area contributed by atoms with E-state index in [-0.39, 0.29) is 0 Å². The van der Waals surface area contributed by atoms with Crippen molar-refractivity contribution in [3.8, 4) is 0 Å². The molecule has 2 heterocycles. The summed E-state index contributed by atoms with van der Waals surface area (Å²) in [5.41, 5.74) is 4.91. The van der Waals surface area contributed by atoms with E-state index in [1.54, 1.807) is 6.20 Å². The van der Waals surface area contributed by atoms with Crippen molar-refractivity contribution in [3.05, 3.63) is 36.3 Å². The minimum absolute atomic E-state index is 0.953. The summed E-state index contributed by atoms with van der Waals surface area (Å²) in [6.45, 7) is 7.72. The van der Waals surface area contributed by atoms with Crippen LogP contribution < -0.4 is 10.2 Å². The lowest BCUT2D eigenvalue weighted by Gasteiger charge is -2.30. The molecule has 0 amide bonds. The Hall–Kier alpha value is -1.57. The highest BCUT2D eigenvalue weighted by Crippen LogP contribution is 2.19. The molecule has 0 unspecified atom stereocenters. The summed E-state index contributed by atoms with van der Waals surface area (Å²) in [6.07, 6.45) is 3.63. The van der Waals surface area contributed by atoms with Gasteiger partial charge in [0.25, 0.3) is 0 Å². The molecule has 1 saturated heterocycles. The van der Waals surface area contributed by atoms with E-state index in [0.717, 1.165) is 31.9 Å². The van der Waals surface area contributed by atoms with E-state index >= 15 is 0 Å². The van der Waals surface area contributed by atoms with E-state index in [0.29, 0.717) is 0 Å². The maximum absolute atomic E-state index is 4.32. The highest BCUT2D eigenvalue weighted by atomic mass is 15.2. The first-order chi connectivity index (χ1) is 7.42. The molecule has 3 nitrogen and oxygen atoms in total. The van der Waals surface area contributed by atoms with Crippen molar-refractivity contribution in [3.63, 3.8) is 0 Å². The summed E-state index contributed by atoms with van der Waals surface area (Å²) < 4.78 is 0.